The zero-order chi connectivity index (χ0) is 16.7. The standard InChI is InChI=1S/C18H28N2O4/c1-23-15-17(22)20(12-13-2-3-13)18(15)6-8-19(9-7-18)16(21)14-4-10-24-11-5-14/h13-15H,2-12H2,1H3. The molecule has 24 heavy (non-hydrogen) atoms. The molecule has 0 aromatic rings. The summed E-state index contributed by atoms with van der Waals surface area (Å²) in [5.74, 6) is 1.23. The van der Waals surface area contributed by atoms with E-state index in [0.717, 1.165) is 45.3 Å². The molecule has 3 heterocycles. The van der Waals surface area contributed by atoms with Gasteiger partial charge in [-0.15, -0.1) is 0 Å². The largest absolute Gasteiger partial charge is 0.381 e. The van der Waals surface area contributed by atoms with Crippen LogP contribution in [0.4, 0.5) is 0 Å². The van der Waals surface area contributed by atoms with E-state index in [0.29, 0.717) is 19.1 Å². The van der Waals surface area contributed by atoms with Crippen molar-refractivity contribution in [3.8, 4) is 0 Å². The molecule has 0 aromatic heterocycles. The van der Waals surface area contributed by atoms with E-state index in [1.54, 1.807) is 7.11 Å². The quantitative estimate of drug-likeness (QED) is 0.720. The monoisotopic (exact) mass is 336 g/mol. The number of hydrogen-bond acceptors (Lipinski definition) is 4. The molecule has 1 atom stereocenters. The van der Waals surface area contributed by atoms with Crippen LogP contribution in [0.1, 0.15) is 38.5 Å². The summed E-state index contributed by atoms with van der Waals surface area (Å²) in [6.45, 7) is 3.76. The first-order chi connectivity index (χ1) is 11.7. The van der Waals surface area contributed by atoms with Crippen LogP contribution in [-0.4, -0.2) is 73.2 Å². The zero-order valence-corrected chi connectivity index (χ0v) is 14.5. The summed E-state index contributed by atoms with van der Waals surface area (Å²) in [6, 6.07) is 0. The van der Waals surface area contributed by atoms with E-state index in [4.69, 9.17) is 9.47 Å². The number of rotatable bonds is 4. The highest BCUT2D eigenvalue weighted by Gasteiger charge is 2.61. The molecule has 0 N–H and O–H groups in total. The Bertz CT molecular complexity index is 505. The minimum Gasteiger partial charge on any atom is -0.381 e. The summed E-state index contributed by atoms with van der Waals surface area (Å²) >= 11 is 0. The summed E-state index contributed by atoms with van der Waals surface area (Å²) in [5.41, 5.74) is -0.166. The van der Waals surface area contributed by atoms with Crippen LogP contribution in [-0.2, 0) is 19.1 Å². The summed E-state index contributed by atoms with van der Waals surface area (Å²) in [5, 5.41) is 0. The molecule has 1 spiro atoms. The molecule has 6 heteroatoms. The molecule has 3 aliphatic heterocycles. The van der Waals surface area contributed by atoms with E-state index >= 15 is 0 Å². The first-order valence-electron chi connectivity index (χ1n) is 9.36. The molecular formula is C18H28N2O4. The number of ether oxygens (including phenoxy) is 2. The Morgan fingerprint density at radius 3 is 2.46 bits per heavy atom. The second-order valence-corrected chi connectivity index (χ2v) is 7.82. The van der Waals surface area contributed by atoms with Gasteiger partial charge in [-0.2, -0.15) is 0 Å². The summed E-state index contributed by atoms with van der Waals surface area (Å²) < 4.78 is 10.9. The summed E-state index contributed by atoms with van der Waals surface area (Å²) in [4.78, 5) is 29.2. The van der Waals surface area contributed by atoms with E-state index in [2.05, 4.69) is 4.90 Å². The Hall–Kier alpha value is -1.14. The van der Waals surface area contributed by atoms with Gasteiger partial charge >= 0.3 is 0 Å². The van der Waals surface area contributed by atoms with Crippen LogP contribution >= 0.6 is 0 Å². The van der Waals surface area contributed by atoms with Gasteiger partial charge in [-0.3, -0.25) is 9.59 Å². The number of nitrogens with zero attached hydrogens (tertiary/aromatic N) is 2. The van der Waals surface area contributed by atoms with Crippen LogP contribution in [0, 0.1) is 11.8 Å². The Kier molecular flexibility index (Phi) is 4.29. The average Bonchev–Trinajstić information content (AvgIpc) is 3.45. The first kappa shape index (κ1) is 16.3. The fraction of sp³-hybridized carbons (Fsp3) is 0.889. The number of piperidine rings is 1. The Morgan fingerprint density at radius 2 is 1.88 bits per heavy atom. The van der Waals surface area contributed by atoms with Gasteiger partial charge in [0.25, 0.3) is 5.91 Å². The lowest BCUT2D eigenvalue weighted by atomic mass is 9.72. The van der Waals surface area contributed by atoms with E-state index in [1.165, 1.54) is 12.8 Å². The van der Waals surface area contributed by atoms with Crippen LogP contribution in [0.3, 0.4) is 0 Å². The van der Waals surface area contributed by atoms with Gasteiger partial charge in [-0.05, 0) is 44.4 Å². The minimum absolute atomic E-state index is 0.122. The number of β-lactam (4-membered cyclic amide) rings is 1. The van der Waals surface area contributed by atoms with Gasteiger partial charge in [0.2, 0.25) is 5.91 Å². The maximum Gasteiger partial charge on any atom is 0.254 e. The highest BCUT2D eigenvalue weighted by atomic mass is 16.5. The van der Waals surface area contributed by atoms with Gasteiger partial charge in [0.1, 0.15) is 0 Å². The molecule has 2 amide bonds. The fourth-order valence-corrected chi connectivity index (χ4v) is 4.67. The van der Waals surface area contributed by atoms with Crippen LogP contribution in [0.25, 0.3) is 0 Å². The second kappa shape index (κ2) is 6.30. The molecular weight excluding hydrogens is 308 g/mol. The van der Waals surface area contributed by atoms with E-state index < -0.39 is 0 Å². The van der Waals surface area contributed by atoms with E-state index in [-0.39, 0.29) is 29.4 Å². The summed E-state index contributed by atoms with van der Waals surface area (Å²) in [7, 11) is 1.64. The molecule has 134 valence electrons. The lowest BCUT2D eigenvalue weighted by Crippen LogP contribution is -2.77. The number of hydrogen-bond donors (Lipinski definition) is 0. The first-order valence-corrected chi connectivity index (χ1v) is 9.36. The van der Waals surface area contributed by atoms with Crippen molar-refractivity contribution in [2.75, 3.05) is 40.0 Å². The van der Waals surface area contributed by atoms with Gasteiger partial charge in [-0.1, -0.05) is 0 Å². The minimum atomic E-state index is -0.309. The normalized spacial score (nSPS) is 30.5. The number of carbonyl (C=O) groups is 2. The van der Waals surface area contributed by atoms with Gasteiger partial charge in [0.15, 0.2) is 6.10 Å². The van der Waals surface area contributed by atoms with Crippen LogP contribution in [0.2, 0.25) is 0 Å². The van der Waals surface area contributed by atoms with Crippen LogP contribution < -0.4 is 0 Å². The Labute approximate surface area is 143 Å². The lowest BCUT2D eigenvalue weighted by molar-refractivity contribution is -0.199. The van der Waals surface area contributed by atoms with Crippen LogP contribution in [0.5, 0.6) is 0 Å². The van der Waals surface area contributed by atoms with Crippen molar-refractivity contribution in [2.45, 2.75) is 50.2 Å². The maximum atomic E-state index is 12.7. The molecule has 0 bridgehead atoms. The third-order valence-corrected chi connectivity index (χ3v) is 6.40. The highest BCUT2D eigenvalue weighted by molar-refractivity contribution is 5.90. The van der Waals surface area contributed by atoms with Gasteiger partial charge in [0, 0.05) is 45.9 Å². The lowest BCUT2D eigenvalue weighted by Gasteiger charge is -2.60. The number of carbonyl (C=O) groups excluding carboxylic acids is 2. The van der Waals surface area contributed by atoms with Crippen molar-refractivity contribution in [1.29, 1.82) is 0 Å². The molecule has 6 nitrogen and oxygen atoms in total. The maximum absolute atomic E-state index is 12.7. The molecule has 4 aliphatic rings. The van der Waals surface area contributed by atoms with Crippen molar-refractivity contribution < 1.29 is 19.1 Å². The number of likely N-dealkylation sites (tertiary alicyclic amines) is 2. The molecule has 4 rings (SSSR count). The highest BCUT2D eigenvalue weighted by Crippen LogP contribution is 2.45. The third-order valence-electron chi connectivity index (χ3n) is 6.40. The summed E-state index contributed by atoms with van der Waals surface area (Å²) in [6.07, 6.45) is 5.55. The molecule has 0 radical (unpaired) electrons. The third kappa shape index (κ3) is 2.64. The number of methoxy groups -OCH3 is 1. The molecule has 1 unspecified atom stereocenters. The van der Waals surface area contributed by atoms with Crippen molar-refractivity contribution in [3.05, 3.63) is 0 Å². The van der Waals surface area contributed by atoms with Gasteiger partial charge in [-0.25, -0.2) is 0 Å². The van der Waals surface area contributed by atoms with E-state index in [9.17, 15) is 9.59 Å². The molecule has 0 aromatic carbocycles. The number of amides is 2. The Balaban J connectivity index is 1.39. The van der Waals surface area contributed by atoms with Crippen LogP contribution in [0.15, 0.2) is 0 Å². The topological polar surface area (TPSA) is 59.1 Å². The zero-order valence-electron chi connectivity index (χ0n) is 14.5. The Morgan fingerprint density at radius 1 is 1.21 bits per heavy atom. The molecule has 4 fully saturated rings. The van der Waals surface area contributed by atoms with E-state index in [1.807, 2.05) is 4.90 Å². The fourth-order valence-electron chi connectivity index (χ4n) is 4.67. The predicted octanol–water partition coefficient (Wildman–Crippen LogP) is 1.04. The SMILES string of the molecule is COC1C(=O)N(CC2CC2)C12CCN(C(=O)C1CCOCC1)CC2. The second-order valence-electron chi connectivity index (χ2n) is 7.82. The molecule has 1 aliphatic carbocycles. The van der Waals surface area contributed by atoms with Crippen molar-refractivity contribution in [3.63, 3.8) is 0 Å². The smallest absolute Gasteiger partial charge is 0.254 e. The van der Waals surface area contributed by atoms with Gasteiger partial charge < -0.3 is 19.3 Å². The predicted molar refractivity (Wildman–Crippen MR) is 87.3 cm³/mol. The average molecular weight is 336 g/mol. The van der Waals surface area contributed by atoms with Gasteiger partial charge in [0.05, 0.1) is 5.54 Å². The molecule has 1 saturated carbocycles. The van der Waals surface area contributed by atoms with Crippen molar-refractivity contribution in [2.24, 2.45) is 11.8 Å². The molecule has 3 saturated heterocycles. The van der Waals surface area contributed by atoms with Crippen molar-refractivity contribution >= 4 is 11.8 Å². The van der Waals surface area contributed by atoms with Crippen molar-refractivity contribution in [1.82, 2.24) is 9.80 Å².